The summed E-state index contributed by atoms with van der Waals surface area (Å²) in [5.74, 6) is -0.0628. The normalized spacial score (nSPS) is 20.4. The van der Waals surface area contributed by atoms with Crippen molar-refractivity contribution in [3.05, 3.63) is 29.8 Å². The van der Waals surface area contributed by atoms with E-state index in [0.29, 0.717) is 24.5 Å². The van der Waals surface area contributed by atoms with Crippen molar-refractivity contribution in [2.45, 2.75) is 18.2 Å². The molecule has 6 heteroatoms. The molecule has 1 aromatic carbocycles. The van der Waals surface area contributed by atoms with Crippen LogP contribution in [0, 0.1) is 0 Å². The third-order valence-corrected chi connectivity index (χ3v) is 5.10. The molecule has 1 fully saturated rings. The molecular weight excluding hydrogens is 252 g/mol. The van der Waals surface area contributed by atoms with Crippen molar-refractivity contribution in [2.24, 2.45) is 0 Å². The minimum Gasteiger partial charge on any atom is -0.398 e. The van der Waals surface area contributed by atoms with Crippen LogP contribution in [0.1, 0.15) is 12.0 Å². The monoisotopic (exact) mass is 270 g/mol. The summed E-state index contributed by atoms with van der Waals surface area (Å²) in [5, 5.41) is 0. The Morgan fingerprint density at radius 3 is 2.78 bits per heavy atom. The van der Waals surface area contributed by atoms with E-state index in [0.717, 1.165) is 6.42 Å². The van der Waals surface area contributed by atoms with Crippen LogP contribution in [0.25, 0.3) is 0 Å². The SMILES string of the molecule is CN(C1CCOC1)S(=O)(=O)Cc1ccccc1N. The van der Waals surface area contributed by atoms with E-state index < -0.39 is 10.0 Å². The largest absolute Gasteiger partial charge is 0.398 e. The lowest BCUT2D eigenvalue weighted by Crippen LogP contribution is -2.38. The van der Waals surface area contributed by atoms with Crippen LogP contribution in [0.5, 0.6) is 0 Å². The number of hydrogen-bond acceptors (Lipinski definition) is 4. The van der Waals surface area contributed by atoms with E-state index in [4.69, 9.17) is 10.5 Å². The average molecular weight is 270 g/mol. The third-order valence-electron chi connectivity index (χ3n) is 3.25. The van der Waals surface area contributed by atoms with E-state index in [-0.39, 0.29) is 11.8 Å². The molecule has 18 heavy (non-hydrogen) atoms. The highest BCUT2D eigenvalue weighted by Crippen LogP contribution is 2.20. The lowest BCUT2D eigenvalue weighted by atomic mass is 10.2. The second-order valence-electron chi connectivity index (χ2n) is 4.49. The highest BCUT2D eigenvalue weighted by molar-refractivity contribution is 7.88. The topological polar surface area (TPSA) is 72.6 Å². The Balaban J connectivity index is 2.14. The number of nitrogens with two attached hydrogens (primary N) is 1. The number of sulfonamides is 1. The number of ether oxygens (including phenoxy) is 1. The van der Waals surface area contributed by atoms with Crippen LogP contribution >= 0.6 is 0 Å². The van der Waals surface area contributed by atoms with Gasteiger partial charge < -0.3 is 10.5 Å². The molecule has 1 atom stereocenters. The van der Waals surface area contributed by atoms with Crippen molar-refractivity contribution in [1.82, 2.24) is 4.31 Å². The predicted octanol–water partition coefficient (Wildman–Crippen LogP) is 0.819. The van der Waals surface area contributed by atoms with Crippen molar-refractivity contribution in [3.63, 3.8) is 0 Å². The molecule has 2 N–H and O–H groups in total. The van der Waals surface area contributed by atoms with Crippen LogP contribution in [0.3, 0.4) is 0 Å². The molecule has 1 saturated heterocycles. The second-order valence-corrected chi connectivity index (χ2v) is 6.52. The Labute approximate surface area is 108 Å². The molecule has 1 aliphatic rings. The van der Waals surface area contributed by atoms with E-state index in [9.17, 15) is 8.42 Å². The first-order valence-electron chi connectivity index (χ1n) is 5.87. The molecule has 1 heterocycles. The summed E-state index contributed by atoms with van der Waals surface area (Å²) in [6.07, 6.45) is 0.750. The van der Waals surface area contributed by atoms with Crippen molar-refractivity contribution in [2.75, 3.05) is 26.0 Å². The van der Waals surface area contributed by atoms with E-state index in [1.54, 1.807) is 31.3 Å². The van der Waals surface area contributed by atoms with Gasteiger partial charge in [0.25, 0.3) is 0 Å². The van der Waals surface area contributed by atoms with Crippen LogP contribution in [-0.4, -0.2) is 39.0 Å². The number of nitrogen functional groups attached to an aromatic ring is 1. The van der Waals surface area contributed by atoms with Crippen LogP contribution in [0.2, 0.25) is 0 Å². The van der Waals surface area contributed by atoms with Gasteiger partial charge in [-0.3, -0.25) is 0 Å². The van der Waals surface area contributed by atoms with E-state index >= 15 is 0 Å². The molecule has 0 spiro atoms. The van der Waals surface area contributed by atoms with Crippen molar-refractivity contribution < 1.29 is 13.2 Å². The molecule has 0 bridgehead atoms. The van der Waals surface area contributed by atoms with Gasteiger partial charge in [-0.2, -0.15) is 4.31 Å². The molecule has 0 aliphatic carbocycles. The number of rotatable bonds is 4. The first kappa shape index (κ1) is 13.3. The van der Waals surface area contributed by atoms with Gasteiger partial charge in [0.2, 0.25) is 10.0 Å². The summed E-state index contributed by atoms with van der Waals surface area (Å²) >= 11 is 0. The van der Waals surface area contributed by atoms with Crippen LogP contribution in [-0.2, 0) is 20.5 Å². The predicted molar refractivity (Wildman–Crippen MR) is 70.5 cm³/mol. The summed E-state index contributed by atoms with van der Waals surface area (Å²) < 4.78 is 31.1. The number of anilines is 1. The molecular formula is C12H18N2O3S. The molecule has 1 aromatic rings. The van der Waals surface area contributed by atoms with Gasteiger partial charge in [-0.05, 0) is 18.1 Å². The number of nitrogens with zero attached hydrogens (tertiary/aromatic N) is 1. The quantitative estimate of drug-likeness (QED) is 0.822. The summed E-state index contributed by atoms with van der Waals surface area (Å²) in [5.41, 5.74) is 6.93. The van der Waals surface area contributed by atoms with Crippen LogP contribution < -0.4 is 5.73 Å². The van der Waals surface area contributed by atoms with Crippen LogP contribution in [0.15, 0.2) is 24.3 Å². The molecule has 1 aliphatic heterocycles. The maximum Gasteiger partial charge on any atom is 0.218 e. The standard InChI is InChI=1S/C12H18N2O3S/c1-14(11-6-7-17-8-11)18(15,16)9-10-4-2-3-5-12(10)13/h2-5,11H,6-9,13H2,1H3. The highest BCUT2D eigenvalue weighted by atomic mass is 32.2. The van der Waals surface area contributed by atoms with Gasteiger partial charge in [-0.1, -0.05) is 18.2 Å². The van der Waals surface area contributed by atoms with Crippen molar-refractivity contribution in [3.8, 4) is 0 Å². The first-order chi connectivity index (χ1) is 8.50. The van der Waals surface area contributed by atoms with Gasteiger partial charge in [0.15, 0.2) is 0 Å². The van der Waals surface area contributed by atoms with Gasteiger partial charge in [0.05, 0.1) is 18.4 Å². The fourth-order valence-corrected chi connectivity index (χ4v) is 3.48. The second kappa shape index (κ2) is 5.26. The molecule has 0 aromatic heterocycles. The molecule has 1 unspecified atom stereocenters. The molecule has 0 amide bonds. The smallest absolute Gasteiger partial charge is 0.218 e. The number of hydrogen-bond donors (Lipinski definition) is 1. The zero-order valence-corrected chi connectivity index (χ0v) is 11.2. The summed E-state index contributed by atoms with van der Waals surface area (Å²) in [6, 6.07) is 6.98. The van der Waals surface area contributed by atoms with E-state index in [1.807, 2.05) is 0 Å². The Bertz CT molecular complexity index is 510. The minimum absolute atomic E-state index is 0.0556. The minimum atomic E-state index is -3.35. The number of benzene rings is 1. The van der Waals surface area contributed by atoms with Crippen molar-refractivity contribution >= 4 is 15.7 Å². The van der Waals surface area contributed by atoms with Gasteiger partial charge in [-0.25, -0.2) is 8.42 Å². The third kappa shape index (κ3) is 2.82. The fourth-order valence-electron chi connectivity index (χ4n) is 2.00. The molecule has 100 valence electrons. The summed E-state index contributed by atoms with van der Waals surface area (Å²) in [7, 11) is -1.74. The molecule has 2 rings (SSSR count). The molecule has 0 saturated carbocycles. The highest BCUT2D eigenvalue weighted by Gasteiger charge is 2.29. The zero-order chi connectivity index (χ0) is 13.2. The maximum absolute atomic E-state index is 12.3. The van der Waals surface area contributed by atoms with Crippen LogP contribution in [0.4, 0.5) is 5.69 Å². The number of likely N-dealkylation sites (N-methyl/N-ethyl adjacent to an activating group) is 1. The maximum atomic E-state index is 12.3. The first-order valence-corrected chi connectivity index (χ1v) is 7.48. The van der Waals surface area contributed by atoms with Gasteiger partial charge in [0, 0.05) is 19.3 Å². The van der Waals surface area contributed by atoms with Gasteiger partial charge in [-0.15, -0.1) is 0 Å². The average Bonchev–Trinajstić information content (AvgIpc) is 2.84. The lowest BCUT2D eigenvalue weighted by Gasteiger charge is -2.22. The van der Waals surface area contributed by atoms with Gasteiger partial charge in [0.1, 0.15) is 0 Å². The Kier molecular flexibility index (Phi) is 3.89. The fraction of sp³-hybridized carbons (Fsp3) is 0.500. The van der Waals surface area contributed by atoms with Gasteiger partial charge >= 0.3 is 0 Å². The molecule has 0 radical (unpaired) electrons. The Hall–Kier alpha value is -1.11. The lowest BCUT2D eigenvalue weighted by molar-refractivity contribution is 0.181. The summed E-state index contributed by atoms with van der Waals surface area (Å²) in [4.78, 5) is 0. The van der Waals surface area contributed by atoms with E-state index in [2.05, 4.69) is 0 Å². The Morgan fingerprint density at radius 1 is 1.44 bits per heavy atom. The summed E-state index contributed by atoms with van der Waals surface area (Å²) in [6.45, 7) is 1.10. The Morgan fingerprint density at radius 2 is 2.17 bits per heavy atom. The van der Waals surface area contributed by atoms with E-state index in [1.165, 1.54) is 4.31 Å². The molecule has 5 nitrogen and oxygen atoms in total. The van der Waals surface area contributed by atoms with Crippen molar-refractivity contribution in [1.29, 1.82) is 0 Å². The number of para-hydroxylation sites is 1. The zero-order valence-electron chi connectivity index (χ0n) is 10.4.